The van der Waals surface area contributed by atoms with Crippen LogP contribution < -0.4 is 0 Å². The maximum atomic E-state index is 11.3. The molecule has 0 aromatic heterocycles. The SMILES string of the molecule is C=C(C)C(=O)OCC[N+](C)(CCOC(=O)C(=C)C)CC(=O)O. The van der Waals surface area contributed by atoms with E-state index in [2.05, 4.69) is 13.2 Å². The Morgan fingerprint density at radius 3 is 1.59 bits per heavy atom. The summed E-state index contributed by atoms with van der Waals surface area (Å²) in [4.78, 5) is 33.6. The highest BCUT2D eigenvalue weighted by atomic mass is 16.5. The minimum Gasteiger partial charge on any atom is -0.477 e. The van der Waals surface area contributed by atoms with Crippen molar-refractivity contribution in [2.45, 2.75) is 13.8 Å². The smallest absolute Gasteiger partial charge is 0.359 e. The van der Waals surface area contributed by atoms with Crippen molar-refractivity contribution < 1.29 is 33.4 Å². The second kappa shape index (κ2) is 8.99. The molecule has 0 rings (SSSR count). The van der Waals surface area contributed by atoms with E-state index in [0.29, 0.717) is 0 Å². The number of nitrogens with zero attached hydrogens (tertiary/aromatic N) is 1. The molecule has 0 heterocycles. The van der Waals surface area contributed by atoms with E-state index in [1.807, 2.05) is 0 Å². The number of carbonyl (C=O) groups excluding carboxylic acids is 2. The lowest BCUT2D eigenvalue weighted by Crippen LogP contribution is -2.51. The van der Waals surface area contributed by atoms with Crippen molar-refractivity contribution in [2.24, 2.45) is 0 Å². The van der Waals surface area contributed by atoms with E-state index in [9.17, 15) is 14.4 Å². The van der Waals surface area contributed by atoms with Gasteiger partial charge in [-0.3, -0.25) is 0 Å². The zero-order valence-corrected chi connectivity index (χ0v) is 13.4. The number of hydrogen-bond donors (Lipinski definition) is 1. The number of likely N-dealkylation sites (N-methyl/N-ethyl adjacent to an activating group) is 1. The Morgan fingerprint density at radius 1 is 0.955 bits per heavy atom. The van der Waals surface area contributed by atoms with Gasteiger partial charge in [0.2, 0.25) is 0 Å². The Labute approximate surface area is 130 Å². The molecule has 0 amide bonds. The lowest BCUT2D eigenvalue weighted by Gasteiger charge is -2.32. The molecule has 0 radical (unpaired) electrons. The highest BCUT2D eigenvalue weighted by Gasteiger charge is 2.26. The molecule has 0 aliphatic carbocycles. The summed E-state index contributed by atoms with van der Waals surface area (Å²) in [5, 5.41) is 8.98. The van der Waals surface area contributed by atoms with Gasteiger partial charge in [0, 0.05) is 11.1 Å². The van der Waals surface area contributed by atoms with Crippen molar-refractivity contribution >= 4 is 17.9 Å². The first kappa shape index (κ1) is 19.9. The second-order valence-electron chi connectivity index (χ2n) is 5.45. The number of carbonyl (C=O) groups is 3. The fraction of sp³-hybridized carbons (Fsp3) is 0.533. The fourth-order valence-corrected chi connectivity index (χ4v) is 1.56. The van der Waals surface area contributed by atoms with Gasteiger partial charge in [0.15, 0.2) is 6.54 Å². The number of hydrogen-bond acceptors (Lipinski definition) is 5. The van der Waals surface area contributed by atoms with Crippen LogP contribution in [0.4, 0.5) is 0 Å². The van der Waals surface area contributed by atoms with Gasteiger partial charge in [-0.25, -0.2) is 14.4 Å². The molecule has 0 bridgehead atoms. The van der Waals surface area contributed by atoms with Crippen molar-refractivity contribution in [3.63, 3.8) is 0 Å². The zero-order chi connectivity index (χ0) is 17.3. The Hall–Kier alpha value is -2.15. The zero-order valence-electron chi connectivity index (χ0n) is 13.4. The van der Waals surface area contributed by atoms with Gasteiger partial charge in [0.1, 0.15) is 26.3 Å². The number of quaternary nitrogens is 1. The van der Waals surface area contributed by atoms with Gasteiger partial charge < -0.3 is 19.1 Å². The Kier molecular flexibility index (Phi) is 8.11. The van der Waals surface area contributed by atoms with Crippen LogP contribution in [0.5, 0.6) is 0 Å². The third-order valence-electron chi connectivity index (χ3n) is 2.94. The summed E-state index contributed by atoms with van der Waals surface area (Å²) in [6.45, 7) is 10.5. The first-order valence-electron chi connectivity index (χ1n) is 6.78. The molecule has 0 saturated carbocycles. The first-order chi connectivity index (χ1) is 10.1. The third-order valence-corrected chi connectivity index (χ3v) is 2.94. The molecular weight excluding hydrogens is 290 g/mol. The molecule has 1 N–H and O–H groups in total. The van der Waals surface area contributed by atoms with Crippen molar-refractivity contribution in [3.05, 3.63) is 24.3 Å². The van der Waals surface area contributed by atoms with Gasteiger partial charge >= 0.3 is 17.9 Å². The molecule has 0 unspecified atom stereocenters. The highest BCUT2D eigenvalue weighted by molar-refractivity contribution is 5.87. The average Bonchev–Trinajstić information content (AvgIpc) is 2.36. The summed E-state index contributed by atoms with van der Waals surface area (Å²) in [6, 6.07) is 0. The molecular formula is C15H24NO6+. The minimum absolute atomic E-state index is 0.0594. The molecule has 0 aromatic carbocycles. The lowest BCUT2D eigenvalue weighted by molar-refractivity contribution is -0.902. The van der Waals surface area contributed by atoms with Gasteiger partial charge in [-0.2, -0.15) is 0 Å². The van der Waals surface area contributed by atoms with Crippen LogP contribution in [0.15, 0.2) is 24.3 Å². The van der Waals surface area contributed by atoms with Crippen molar-refractivity contribution in [2.75, 3.05) is 39.9 Å². The topological polar surface area (TPSA) is 89.9 Å². The fourth-order valence-electron chi connectivity index (χ4n) is 1.56. The third kappa shape index (κ3) is 8.21. The summed E-state index contributed by atoms with van der Waals surface area (Å²) in [7, 11) is 1.69. The van der Waals surface area contributed by atoms with E-state index in [1.165, 1.54) is 13.8 Å². The van der Waals surface area contributed by atoms with Gasteiger partial charge in [-0.1, -0.05) is 13.2 Å². The minimum atomic E-state index is -0.986. The molecule has 7 heteroatoms. The molecule has 7 nitrogen and oxygen atoms in total. The molecule has 0 spiro atoms. The van der Waals surface area contributed by atoms with E-state index in [4.69, 9.17) is 14.6 Å². The predicted molar refractivity (Wildman–Crippen MR) is 80.0 cm³/mol. The summed E-state index contributed by atoms with van der Waals surface area (Å²) in [6.07, 6.45) is 0. The normalized spacial score (nSPS) is 10.7. The molecule has 124 valence electrons. The number of carboxylic acids is 1. The highest BCUT2D eigenvalue weighted by Crippen LogP contribution is 2.04. The van der Waals surface area contributed by atoms with Crippen LogP contribution in [-0.4, -0.2) is 67.4 Å². The van der Waals surface area contributed by atoms with Crippen molar-refractivity contribution in [1.29, 1.82) is 0 Å². The van der Waals surface area contributed by atoms with Crippen LogP contribution in [0, 0.1) is 0 Å². The average molecular weight is 314 g/mol. The number of rotatable bonds is 10. The molecule has 0 aliphatic heterocycles. The maximum Gasteiger partial charge on any atom is 0.359 e. The summed E-state index contributed by atoms with van der Waals surface area (Å²) >= 11 is 0. The molecule has 0 atom stereocenters. The van der Waals surface area contributed by atoms with E-state index >= 15 is 0 Å². The maximum absolute atomic E-state index is 11.3. The Balaban J connectivity index is 4.48. The van der Waals surface area contributed by atoms with Crippen LogP contribution >= 0.6 is 0 Å². The van der Waals surface area contributed by atoms with E-state index in [-0.39, 0.29) is 48.5 Å². The standard InChI is InChI=1S/C15H23NO6/c1-11(2)14(19)21-8-6-16(5,10-13(17)18)7-9-22-15(20)12(3)4/h1,3,6-10H2,2,4-5H3/p+1. The second-order valence-corrected chi connectivity index (χ2v) is 5.45. The van der Waals surface area contributed by atoms with Crippen LogP contribution in [0.2, 0.25) is 0 Å². The van der Waals surface area contributed by atoms with Crippen molar-refractivity contribution in [3.8, 4) is 0 Å². The Bertz CT molecular complexity index is 437. The number of carboxylic acid groups (broad SMARTS) is 1. The molecule has 0 saturated heterocycles. The van der Waals surface area contributed by atoms with Crippen LogP contribution in [0.3, 0.4) is 0 Å². The van der Waals surface area contributed by atoms with Gasteiger partial charge in [0.05, 0.1) is 7.05 Å². The van der Waals surface area contributed by atoms with Crippen LogP contribution in [0.1, 0.15) is 13.8 Å². The Morgan fingerprint density at radius 2 is 1.32 bits per heavy atom. The quantitative estimate of drug-likeness (QED) is 0.364. The van der Waals surface area contributed by atoms with Gasteiger partial charge in [-0.05, 0) is 13.8 Å². The van der Waals surface area contributed by atoms with Crippen LogP contribution in [-0.2, 0) is 23.9 Å². The van der Waals surface area contributed by atoms with Gasteiger partial charge in [0.25, 0.3) is 0 Å². The summed E-state index contributed by atoms with van der Waals surface area (Å²) in [5.74, 6) is -2.02. The van der Waals surface area contributed by atoms with Crippen LogP contribution in [0.25, 0.3) is 0 Å². The number of ether oxygens (including phenoxy) is 2. The van der Waals surface area contributed by atoms with E-state index < -0.39 is 17.9 Å². The number of esters is 2. The lowest BCUT2D eigenvalue weighted by atomic mass is 10.3. The summed E-state index contributed by atoms with van der Waals surface area (Å²) < 4.78 is 10.0. The first-order valence-corrected chi connectivity index (χ1v) is 6.78. The molecule has 0 aromatic rings. The number of aliphatic carboxylic acids is 1. The molecule has 0 fully saturated rings. The van der Waals surface area contributed by atoms with E-state index in [1.54, 1.807) is 7.05 Å². The van der Waals surface area contributed by atoms with Crippen molar-refractivity contribution in [1.82, 2.24) is 0 Å². The molecule has 22 heavy (non-hydrogen) atoms. The monoisotopic (exact) mass is 314 g/mol. The largest absolute Gasteiger partial charge is 0.477 e. The van der Waals surface area contributed by atoms with E-state index in [0.717, 1.165) is 0 Å². The summed E-state index contributed by atoms with van der Waals surface area (Å²) in [5.41, 5.74) is 0.561. The predicted octanol–water partition coefficient (Wildman–Crippen LogP) is 0.756. The van der Waals surface area contributed by atoms with Gasteiger partial charge in [-0.15, -0.1) is 0 Å². The molecule has 0 aliphatic rings.